The number of quaternary nitrogens is 2. The monoisotopic (exact) mass is 362 g/mol. The van der Waals surface area contributed by atoms with Crippen LogP contribution >= 0.6 is 7.92 Å². The molecule has 1 heterocycles. The lowest BCUT2D eigenvalue weighted by atomic mass is 10.2. The highest BCUT2D eigenvalue weighted by molar-refractivity contribution is 7.65. The second-order valence-electron chi connectivity index (χ2n) is 7.19. The molecule has 2 N–H and O–H groups in total. The Morgan fingerprint density at radius 1 is 0.577 bits per heavy atom. The Kier molecular flexibility index (Phi) is 5.76. The van der Waals surface area contributed by atoms with Crippen LogP contribution < -0.4 is 15.1 Å². The molecule has 1 saturated heterocycles. The highest BCUT2D eigenvalue weighted by atomic mass is 31.1. The van der Waals surface area contributed by atoms with Gasteiger partial charge in [0.05, 0.1) is 0 Å². The highest BCUT2D eigenvalue weighted by Gasteiger charge is 2.32. The molecule has 1 aliphatic rings. The van der Waals surface area contributed by atoms with E-state index in [1.54, 1.807) is 15.1 Å². The molecule has 0 amide bonds. The van der Waals surface area contributed by atoms with Crippen molar-refractivity contribution in [2.45, 2.75) is 13.1 Å². The third-order valence-corrected chi connectivity index (χ3v) is 7.73. The van der Waals surface area contributed by atoms with Crippen LogP contribution in [0.5, 0.6) is 0 Å². The minimum absolute atomic E-state index is 0.112. The van der Waals surface area contributed by atoms with Gasteiger partial charge in [0.1, 0.15) is 25.7 Å². The van der Waals surface area contributed by atoms with Crippen molar-refractivity contribution in [1.82, 2.24) is 0 Å². The molecule has 3 aromatic carbocycles. The van der Waals surface area contributed by atoms with Crippen LogP contribution in [0.2, 0.25) is 0 Å². The van der Waals surface area contributed by atoms with E-state index in [0.717, 1.165) is 13.1 Å². The maximum absolute atomic E-state index is 2.33. The first kappa shape index (κ1) is 17.4. The van der Waals surface area contributed by atoms with Gasteiger partial charge in [-0.1, -0.05) is 91.0 Å². The zero-order valence-electron chi connectivity index (χ0n) is 15.1. The first-order valence-corrected chi connectivity index (χ1v) is 11.1. The standard InChI is InChI=1S/C23H25N2P/c1-4-10-21(11-5-1)16-24-18-25(17-22-12-6-2-7-13-22)20-26(19-24)23-14-8-3-9-15-23/h1-15H,16-20H2/p+2. The van der Waals surface area contributed by atoms with E-state index in [1.807, 2.05) is 0 Å². The Labute approximate surface area is 157 Å². The number of benzene rings is 3. The van der Waals surface area contributed by atoms with E-state index in [2.05, 4.69) is 91.0 Å². The third-order valence-electron chi connectivity index (χ3n) is 5.04. The largest absolute Gasteiger partial charge is 0.281 e. The molecule has 3 aromatic rings. The summed E-state index contributed by atoms with van der Waals surface area (Å²) in [6.07, 6.45) is 2.57. The molecule has 0 bridgehead atoms. The van der Waals surface area contributed by atoms with Crippen LogP contribution in [-0.4, -0.2) is 19.2 Å². The van der Waals surface area contributed by atoms with Crippen LogP contribution in [0.3, 0.4) is 0 Å². The fraction of sp³-hybridized carbons (Fsp3) is 0.217. The Morgan fingerprint density at radius 3 is 1.46 bits per heavy atom. The molecule has 0 spiro atoms. The van der Waals surface area contributed by atoms with Gasteiger partial charge in [0, 0.05) is 19.0 Å². The van der Waals surface area contributed by atoms with Crippen LogP contribution in [0.4, 0.5) is 0 Å². The maximum atomic E-state index is 2.33. The van der Waals surface area contributed by atoms with E-state index in [4.69, 9.17) is 0 Å². The molecule has 0 aliphatic carbocycles. The lowest BCUT2D eigenvalue weighted by molar-refractivity contribution is -1.10. The predicted molar refractivity (Wildman–Crippen MR) is 110 cm³/mol. The predicted octanol–water partition coefficient (Wildman–Crippen LogP) is 1.85. The average molecular weight is 362 g/mol. The molecule has 0 radical (unpaired) electrons. The van der Waals surface area contributed by atoms with Crippen LogP contribution in [0.1, 0.15) is 11.1 Å². The zero-order chi connectivity index (χ0) is 17.6. The Morgan fingerprint density at radius 2 is 1.00 bits per heavy atom. The molecule has 2 nitrogen and oxygen atoms in total. The topological polar surface area (TPSA) is 8.88 Å². The van der Waals surface area contributed by atoms with Crippen molar-refractivity contribution in [3.8, 4) is 0 Å². The van der Waals surface area contributed by atoms with Crippen molar-refractivity contribution in [3.05, 3.63) is 102 Å². The average Bonchev–Trinajstić information content (AvgIpc) is 2.70. The Hall–Kier alpha value is -1.99. The molecule has 0 saturated carbocycles. The van der Waals surface area contributed by atoms with Crippen molar-refractivity contribution >= 4 is 13.2 Å². The molecule has 26 heavy (non-hydrogen) atoms. The van der Waals surface area contributed by atoms with Gasteiger partial charge in [-0.3, -0.25) is 9.80 Å². The summed E-state index contributed by atoms with van der Waals surface area (Å²) in [4.78, 5) is 3.42. The van der Waals surface area contributed by atoms with Gasteiger partial charge in [0.2, 0.25) is 6.67 Å². The van der Waals surface area contributed by atoms with E-state index in [1.165, 1.54) is 30.4 Å². The van der Waals surface area contributed by atoms with Gasteiger partial charge in [-0.2, -0.15) is 0 Å². The Bertz CT molecular complexity index is 743. The first-order valence-electron chi connectivity index (χ1n) is 9.42. The quantitative estimate of drug-likeness (QED) is 0.641. The van der Waals surface area contributed by atoms with Gasteiger partial charge in [-0.05, 0) is 5.30 Å². The fourth-order valence-corrected chi connectivity index (χ4v) is 6.49. The maximum Gasteiger partial charge on any atom is 0.205 e. The van der Waals surface area contributed by atoms with Crippen LogP contribution in [0.15, 0.2) is 91.0 Å². The van der Waals surface area contributed by atoms with Crippen molar-refractivity contribution in [1.29, 1.82) is 0 Å². The summed E-state index contributed by atoms with van der Waals surface area (Å²) in [5.74, 6) is 0. The summed E-state index contributed by atoms with van der Waals surface area (Å²) in [5.41, 5.74) is 2.90. The summed E-state index contributed by atoms with van der Waals surface area (Å²) in [6.45, 7) is 3.46. The highest BCUT2D eigenvalue weighted by Crippen LogP contribution is 2.29. The molecule has 2 atom stereocenters. The molecule has 132 valence electrons. The second kappa shape index (κ2) is 8.60. The minimum Gasteiger partial charge on any atom is -0.281 e. The third kappa shape index (κ3) is 4.59. The molecular formula is C23H27N2P+2. The van der Waals surface area contributed by atoms with Gasteiger partial charge in [-0.15, -0.1) is 0 Å². The summed E-state index contributed by atoms with van der Waals surface area (Å²) in [6, 6.07) is 33.1. The number of nitrogens with one attached hydrogen (secondary N) is 2. The van der Waals surface area contributed by atoms with E-state index in [-0.39, 0.29) is 7.92 Å². The lowest BCUT2D eigenvalue weighted by Crippen LogP contribution is -3.32. The molecule has 4 rings (SSSR count). The molecular weight excluding hydrogens is 335 g/mol. The molecule has 2 unspecified atom stereocenters. The Balaban J connectivity index is 1.52. The van der Waals surface area contributed by atoms with E-state index in [0.29, 0.717) is 0 Å². The van der Waals surface area contributed by atoms with Crippen molar-refractivity contribution in [2.24, 2.45) is 0 Å². The second-order valence-corrected chi connectivity index (χ2v) is 9.42. The number of hydrogen-bond acceptors (Lipinski definition) is 0. The van der Waals surface area contributed by atoms with Crippen LogP contribution in [-0.2, 0) is 13.1 Å². The van der Waals surface area contributed by atoms with Gasteiger partial charge in [0.25, 0.3) is 0 Å². The van der Waals surface area contributed by atoms with Crippen molar-refractivity contribution in [3.63, 3.8) is 0 Å². The normalized spacial score (nSPS) is 22.8. The van der Waals surface area contributed by atoms with E-state index in [9.17, 15) is 0 Å². The van der Waals surface area contributed by atoms with Crippen LogP contribution in [0.25, 0.3) is 0 Å². The first-order chi connectivity index (χ1) is 12.9. The van der Waals surface area contributed by atoms with Crippen molar-refractivity contribution < 1.29 is 9.80 Å². The van der Waals surface area contributed by atoms with Crippen molar-refractivity contribution in [2.75, 3.05) is 19.2 Å². The van der Waals surface area contributed by atoms with E-state index < -0.39 is 0 Å². The zero-order valence-corrected chi connectivity index (χ0v) is 16.0. The van der Waals surface area contributed by atoms with Gasteiger partial charge in [-0.25, -0.2) is 0 Å². The summed E-state index contributed by atoms with van der Waals surface area (Å²) in [7, 11) is -0.112. The number of rotatable bonds is 5. The summed E-state index contributed by atoms with van der Waals surface area (Å²) >= 11 is 0. The fourth-order valence-electron chi connectivity index (χ4n) is 3.89. The smallest absolute Gasteiger partial charge is 0.205 e. The number of hydrogen-bond donors (Lipinski definition) is 2. The van der Waals surface area contributed by atoms with Gasteiger partial charge >= 0.3 is 0 Å². The van der Waals surface area contributed by atoms with Crippen LogP contribution in [0, 0.1) is 0 Å². The molecule has 1 aliphatic heterocycles. The summed E-state index contributed by atoms with van der Waals surface area (Å²) < 4.78 is 0. The minimum atomic E-state index is -0.112. The van der Waals surface area contributed by atoms with E-state index >= 15 is 0 Å². The SMILES string of the molecule is c1ccc(C[NH+]2C[NH+](Cc3ccccc3)CP(c3ccccc3)C2)cc1. The summed E-state index contributed by atoms with van der Waals surface area (Å²) in [5, 5.41) is 1.55. The van der Waals surface area contributed by atoms with Gasteiger partial charge in [0.15, 0.2) is 0 Å². The van der Waals surface area contributed by atoms with Gasteiger partial charge < -0.3 is 0 Å². The molecule has 1 fully saturated rings. The molecule has 0 aromatic heterocycles. The molecule has 3 heteroatoms. The lowest BCUT2D eigenvalue weighted by Gasteiger charge is -2.35.